The van der Waals surface area contributed by atoms with E-state index >= 15 is 0 Å². The Bertz CT molecular complexity index is 663. The molecule has 6 nitrogen and oxygen atoms in total. The summed E-state index contributed by atoms with van der Waals surface area (Å²) in [5, 5.41) is 6.84. The molecule has 1 aromatic rings. The molecule has 2 heterocycles. The molecule has 1 unspecified atom stereocenters. The van der Waals surface area contributed by atoms with E-state index in [1.54, 1.807) is 21.8 Å². The van der Waals surface area contributed by atoms with E-state index < -0.39 is 18.0 Å². The van der Waals surface area contributed by atoms with Gasteiger partial charge in [-0.3, -0.25) is 14.3 Å². The maximum Gasteiger partial charge on any atom is 0.252 e. The van der Waals surface area contributed by atoms with Crippen LogP contribution in [0, 0.1) is 5.92 Å². The molecule has 2 aliphatic carbocycles. The summed E-state index contributed by atoms with van der Waals surface area (Å²) in [5.74, 6) is -2.48. The number of fused-ring (bicyclic) bond motifs is 1. The largest absolute Gasteiger partial charge is 0.351 e. The lowest BCUT2D eigenvalue weighted by molar-refractivity contribution is -0.138. The van der Waals surface area contributed by atoms with Crippen LogP contribution in [0.4, 0.5) is 8.78 Å². The molecule has 2 saturated carbocycles. The molecule has 8 heteroatoms. The fourth-order valence-electron chi connectivity index (χ4n) is 3.44. The number of carbonyl (C=O) groups excluding carboxylic acids is 2. The first-order chi connectivity index (χ1) is 11.4. The van der Waals surface area contributed by atoms with Crippen LogP contribution in [0.5, 0.6) is 0 Å². The lowest BCUT2D eigenvalue weighted by atomic mass is 9.88. The van der Waals surface area contributed by atoms with Gasteiger partial charge < -0.3 is 10.2 Å². The molecular formula is C16H20F2N4O2. The molecule has 0 aromatic carbocycles. The third kappa shape index (κ3) is 3.01. The minimum Gasteiger partial charge on any atom is -0.351 e. The van der Waals surface area contributed by atoms with Crippen molar-refractivity contribution in [3.05, 3.63) is 18.0 Å². The average Bonchev–Trinajstić information content (AvgIpc) is 3.17. The summed E-state index contributed by atoms with van der Waals surface area (Å²) in [7, 11) is 0. The van der Waals surface area contributed by atoms with Gasteiger partial charge in [0.1, 0.15) is 6.04 Å². The molecule has 1 aliphatic heterocycles. The van der Waals surface area contributed by atoms with Gasteiger partial charge in [0.25, 0.3) is 5.92 Å². The first kappa shape index (κ1) is 15.5. The zero-order valence-corrected chi connectivity index (χ0v) is 13.3. The third-order valence-corrected chi connectivity index (χ3v) is 5.05. The van der Waals surface area contributed by atoms with Crippen LogP contribution in [0.3, 0.4) is 0 Å². The van der Waals surface area contributed by atoms with Crippen molar-refractivity contribution in [3.63, 3.8) is 0 Å². The van der Waals surface area contributed by atoms with Crippen molar-refractivity contribution in [1.29, 1.82) is 0 Å². The quantitative estimate of drug-likeness (QED) is 0.904. The summed E-state index contributed by atoms with van der Waals surface area (Å²) in [6.45, 7) is 0.687. The van der Waals surface area contributed by atoms with Crippen LogP contribution in [-0.2, 0) is 16.1 Å². The average molecular weight is 338 g/mol. The summed E-state index contributed by atoms with van der Waals surface area (Å²) in [5.41, 5.74) is 0.796. The second-order valence-corrected chi connectivity index (χ2v) is 7.17. The zero-order valence-electron chi connectivity index (χ0n) is 13.3. The van der Waals surface area contributed by atoms with Gasteiger partial charge >= 0.3 is 0 Å². The predicted molar refractivity (Wildman–Crippen MR) is 80.1 cm³/mol. The Balaban J connectivity index is 1.44. The molecular weight excluding hydrogens is 318 g/mol. The smallest absolute Gasteiger partial charge is 0.252 e. The number of hydrogen-bond donors (Lipinski definition) is 1. The maximum absolute atomic E-state index is 12.9. The SMILES string of the molecule is O=C(NC1CC(F)(F)C1)C1CN(C(=O)CC2CC2)Cc2ccnn21. The summed E-state index contributed by atoms with van der Waals surface area (Å²) >= 11 is 0. The highest BCUT2D eigenvalue weighted by atomic mass is 19.3. The highest BCUT2D eigenvalue weighted by Gasteiger charge is 2.47. The molecule has 130 valence electrons. The highest BCUT2D eigenvalue weighted by molar-refractivity contribution is 5.83. The molecule has 0 radical (unpaired) electrons. The normalized spacial score (nSPS) is 25.8. The number of rotatable bonds is 4. The van der Waals surface area contributed by atoms with Crippen LogP contribution in [0.1, 0.15) is 43.8 Å². The highest BCUT2D eigenvalue weighted by Crippen LogP contribution is 2.38. The van der Waals surface area contributed by atoms with E-state index in [1.807, 2.05) is 0 Å². The van der Waals surface area contributed by atoms with Crippen LogP contribution in [0.15, 0.2) is 12.3 Å². The van der Waals surface area contributed by atoms with Crippen molar-refractivity contribution in [2.75, 3.05) is 6.54 Å². The fraction of sp³-hybridized carbons (Fsp3) is 0.688. The van der Waals surface area contributed by atoms with E-state index in [2.05, 4.69) is 10.4 Å². The Morgan fingerprint density at radius 2 is 2.08 bits per heavy atom. The number of amides is 2. The van der Waals surface area contributed by atoms with Gasteiger partial charge in [-0.25, -0.2) is 8.78 Å². The first-order valence-electron chi connectivity index (χ1n) is 8.40. The topological polar surface area (TPSA) is 67.2 Å². The molecule has 0 saturated heterocycles. The number of nitrogens with one attached hydrogen (secondary N) is 1. The summed E-state index contributed by atoms with van der Waals surface area (Å²) in [6.07, 6.45) is 3.68. The monoisotopic (exact) mass is 338 g/mol. The van der Waals surface area contributed by atoms with Crippen LogP contribution in [0.25, 0.3) is 0 Å². The second kappa shape index (κ2) is 5.53. The van der Waals surface area contributed by atoms with Crippen molar-refractivity contribution in [3.8, 4) is 0 Å². The maximum atomic E-state index is 12.9. The number of hydrogen-bond acceptors (Lipinski definition) is 3. The predicted octanol–water partition coefficient (Wildman–Crippen LogP) is 1.48. The first-order valence-corrected chi connectivity index (χ1v) is 8.40. The van der Waals surface area contributed by atoms with Crippen molar-refractivity contribution in [1.82, 2.24) is 20.0 Å². The van der Waals surface area contributed by atoms with Crippen LogP contribution >= 0.6 is 0 Å². The Hall–Kier alpha value is -1.99. The standard InChI is InChI=1S/C16H20F2N4O2/c17-16(18)6-11(7-16)20-15(24)13-9-21(14(23)5-10-1-2-10)8-12-3-4-19-22(12)13/h3-4,10-11,13H,1-2,5-9H2,(H,20,24). The van der Waals surface area contributed by atoms with E-state index in [9.17, 15) is 18.4 Å². The molecule has 24 heavy (non-hydrogen) atoms. The Labute approximate surface area is 138 Å². The Morgan fingerprint density at radius 3 is 2.75 bits per heavy atom. The van der Waals surface area contributed by atoms with E-state index in [1.165, 1.54) is 0 Å². The van der Waals surface area contributed by atoms with Crippen molar-refractivity contribution >= 4 is 11.8 Å². The third-order valence-electron chi connectivity index (χ3n) is 5.05. The second-order valence-electron chi connectivity index (χ2n) is 7.17. The number of carbonyl (C=O) groups is 2. The lowest BCUT2D eigenvalue weighted by Crippen LogP contribution is -2.54. The molecule has 3 aliphatic rings. The summed E-state index contributed by atoms with van der Waals surface area (Å²) in [4.78, 5) is 26.6. The van der Waals surface area contributed by atoms with Crippen molar-refractivity contribution in [2.45, 2.75) is 56.7 Å². The molecule has 0 bridgehead atoms. The summed E-state index contributed by atoms with van der Waals surface area (Å²) < 4.78 is 27.5. The Morgan fingerprint density at radius 1 is 1.33 bits per heavy atom. The van der Waals surface area contributed by atoms with Crippen molar-refractivity contribution < 1.29 is 18.4 Å². The molecule has 2 fully saturated rings. The van der Waals surface area contributed by atoms with Gasteiger partial charge in [-0.15, -0.1) is 0 Å². The molecule has 0 spiro atoms. The van der Waals surface area contributed by atoms with Gasteiger partial charge in [-0.2, -0.15) is 5.10 Å². The number of halogens is 2. The van der Waals surface area contributed by atoms with E-state index in [4.69, 9.17) is 0 Å². The molecule has 2 amide bonds. The Kier molecular flexibility index (Phi) is 3.58. The van der Waals surface area contributed by atoms with Crippen LogP contribution in [0.2, 0.25) is 0 Å². The molecule has 1 N–H and O–H groups in total. The lowest BCUT2D eigenvalue weighted by Gasteiger charge is -2.38. The fourth-order valence-corrected chi connectivity index (χ4v) is 3.44. The van der Waals surface area contributed by atoms with Gasteiger partial charge in [0.05, 0.1) is 18.8 Å². The van der Waals surface area contributed by atoms with Crippen LogP contribution in [-0.4, -0.2) is 45.0 Å². The number of alkyl halides is 2. The van der Waals surface area contributed by atoms with Crippen molar-refractivity contribution in [2.24, 2.45) is 5.92 Å². The molecule has 4 rings (SSSR count). The van der Waals surface area contributed by atoms with Gasteiger partial charge in [-0.1, -0.05) is 0 Å². The van der Waals surface area contributed by atoms with E-state index in [0.717, 1.165) is 18.5 Å². The number of nitrogens with zero attached hydrogens (tertiary/aromatic N) is 3. The minimum absolute atomic E-state index is 0.0536. The van der Waals surface area contributed by atoms with Gasteiger partial charge in [-0.05, 0) is 24.8 Å². The van der Waals surface area contributed by atoms with E-state index in [0.29, 0.717) is 18.9 Å². The van der Waals surface area contributed by atoms with Gasteiger partial charge in [0, 0.05) is 31.5 Å². The zero-order chi connectivity index (χ0) is 16.9. The summed E-state index contributed by atoms with van der Waals surface area (Å²) in [6, 6.07) is 0.638. The number of aromatic nitrogens is 2. The van der Waals surface area contributed by atoms with Gasteiger partial charge in [0.2, 0.25) is 11.8 Å². The van der Waals surface area contributed by atoms with E-state index in [-0.39, 0.29) is 31.2 Å². The minimum atomic E-state index is -2.67. The van der Waals surface area contributed by atoms with Gasteiger partial charge in [0.15, 0.2) is 0 Å². The molecule has 1 atom stereocenters. The molecule has 1 aromatic heterocycles. The van der Waals surface area contributed by atoms with Crippen LogP contribution < -0.4 is 5.32 Å².